The third-order valence-electron chi connectivity index (χ3n) is 3.82. The van der Waals surface area contributed by atoms with Crippen LogP contribution in [-0.4, -0.2) is 18.4 Å². The van der Waals surface area contributed by atoms with Gasteiger partial charge in [0.15, 0.2) is 0 Å². The van der Waals surface area contributed by atoms with E-state index in [9.17, 15) is 9.59 Å². The number of likely N-dealkylation sites (N-methyl/N-ethyl adjacent to an activating group) is 1. The summed E-state index contributed by atoms with van der Waals surface area (Å²) in [5, 5.41) is 2.83. The van der Waals surface area contributed by atoms with Crippen LogP contribution in [0.2, 0.25) is 0 Å². The number of hydrogen-bond acceptors (Lipinski definition) is 2. The van der Waals surface area contributed by atoms with Crippen molar-refractivity contribution in [1.29, 1.82) is 0 Å². The minimum Gasteiger partial charge on any atom is -0.323 e. The molecule has 23 heavy (non-hydrogen) atoms. The van der Waals surface area contributed by atoms with Crippen molar-refractivity contribution in [2.75, 3.05) is 16.8 Å². The first-order chi connectivity index (χ1) is 11.2. The van der Waals surface area contributed by atoms with Crippen LogP contribution in [-0.2, 0) is 16.0 Å². The third kappa shape index (κ3) is 3.31. The lowest BCUT2D eigenvalue weighted by Gasteiger charge is -2.14. The molecule has 4 heteroatoms. The monoisotopic (exact) mass is 306 g/mol. The molecule has 0 saturated carbocycles. The number of hydrogen-bond donors (Lipinski definition) is 1. The highest BCUT2D eigenvalue weighted by atomic mass is 16.2. The Bertz CT molecular complexity index is 766. The number of benzene rings is 2. The summed E-state index contributed by atoms with van der Waals surface area (Å²) in [5.41, 5.74) is 3.58. The molecule has 116 valence electrons. The average Bonchev–Trinajstić information content (AvgIpc) is 2.88. The SMILES string of the molecule is CCN1C(=O)Cc2cc(NC(=O)/C=C/c3ccccc3)ccc21. The van der Waals surface area contributed by atoms with Crippen LogP contribution in [0.5, 0.6) is 0 Å². The van der Waals surface area contributed by atoms with Crippen molar-refractivity contribution in [3.05, 3.63) is 65.7 Å². The Balaban J connectivity index is 1.70. The van der Waals surface area contributed by atoms with Gasteiger partial charge in [-0.1, -0.05) is 30.3 Å². The molecule has 2 aromatic carbocycles. The van der Waals surface area contributed by atoms with E-state index in [2.05, 4.69) is 5.32 Å². The number of nitrogens with zero attached hydrogens (tertiary/aromatic N) is 1. The van der Waals surface area contributed by atoms with Crippen LogP contribution < -0.4 is 10.2 Å². The van der Waals surface area contributed by atoms with Gasteiger partial charge in [-0.15, -0.1) is 0 Å². The third-order valence-corrected chi connectivity index (χ3v) is 3.82. The summed E-state index contributed by atoms with van der Waals surface area (Å²) in [6, 6.07) is 15.2. The molecule has 0 unspecified atom stereocenters. The van der Waals surface area contributed by atoms with E-state index in [4.69, 9.17) is 0 Å². The second-order valence-corrected chi connectivity index (χ2v) is 5.39. The lowest BCUT2D eigenvalue weighted by molar-refractivity contribution is -0.117. The van der Waals surface area contributed by atoms with Crippen molar-refractivity contribution in [3.8, 4) is 0 Å². The average molecular weight is 306 g/mol. The topological polar surface area (TPSA) is 49.4 Å². The Hall–Kier alpha value is -2.88. The zero-order chi connectivity index (χ0) is 16.2. The molecule has 1 aliphatic heterocycles. The Morgan fingerprint density at radius 1 is 1.22 bits per heavy atom. The van der Waals surface area contributed by atoms with E-state index in [1.165, 1.54) is 6.08 Å². The molecule has 2 amide bonds. The minimum absolute atomic E-state index is 0.106. The maximum Gasteiger partial charge on any atom is 0.248 e. The van der Waals surface area contributed by atoms with Gasteiger partial charge in [0.1, 0.15) is 0 Å². The Labute approximate surface area is 135 Å². The number of amides is 2. The first kappa shape index (κ1) is 15.0. The van der Waals surface area contributed by atoms with Gasteiger partial charge >= 0.3 is 0 Å². The molecule has 0 spiro atoms. The van der Waals surface area contributed by atoms with Crippen LogP contribution >= 0.6 is 0 Å². The summed E-state index contributed by atoms with van der Waals surface area (Å²) >= 11 is 0. The molecule has 1 N–H and O–H groups in total. The smallest absolute Gasteiger partial charge is 0.248 e. The first-order valence-corrected chi connectivity index (χ1v) is 7.65. The van der Waals surface area contributed by atoms with E-state index in [0.29, 0.717) is 18.7 Å². The number of carbonyl (C=O) groups is 2. The van der Waals surface area contributed by atoms with Crippen molar-refractivity contribution in [1.82, 2.24) is 0 Å². The van der Waals surface area contributed by atoms with E-state index in [-0.39, 0.29) is 11.8 Å². The number of rotatable bonds is 4. The molecule has 0 aromatic heterocycles. The molecular weight excluding hydrogens is 288 g/mol. The molecule has 0 aliphatic carbocycles. The van der Waals surface area contributed by atoms with Crippen LogP contribution in [0, 0.1) is 0 Å². The highest BCUT2D eigenvalue weighted by molar-refractivity contribution is 6.04. The van der Waals surface area contributed by atoms with E-state index >= 15 is 0 Å². The van der Waals surface area contributed by atoms with E-state index in [1.54, 1.807) is 11.0 Å². The highest BCUT2D eigenvalue weighted by Gasteiger charge is 2.25. The number of nitrogens with one attached hydrogen (secondary N) is 1. The summed E-state index contributed by atoms with van der Waals surface area (Å²) in [4.78, 5) is 25.6. The molecule has 0 radical (unpaired) electrons. The maximum absolute atomic E-state index is 12.0. The van der Waals surface area contributed by atoms with Crippen molar-refractivity contribution >= 4 is 29.3 Å². The van der Waals surface area contributed by atoms with Crippen molar-refractivity contribution < 1.29 is 9.59 Å². The zero-order valence-electron chi connectivity index (χ0n) is 13.0. The normalized spacial score (nSPS) is 13.4. The van der Waals surface area contributed by atoms with Crippen LogP contribution in [0.4, 0.5) is 11.4 Å². The molecule has 3 rings (SSSR count). The van der Waals surface area contributed by atoms with Gasteiger partial charge < -0.3 is 10.2 Å². The molecule has 2 aromatic rings. The molecule has 0 bridgehead atoms. The van der Waals surface area contributed by atoms with Crippen molar-refractivity contribution in [3.63, 3.8) is 0 Å². The van der Waals surface area contributed by atoms with E-state index in [1.807, 2.05) is 55.5 Å². The fourth-order valence-electron chi connectivity index (χ4n) is 2.73. The van der Waals surface area contributed by atoms with Crippen LogP contribution in [0.15, 0.2) is 54.6 Å². The second-order valence-electron chi connectivity index (χ2n) is 5.39. The standard InChI is InChI=1S/C19H18N2O2/c1-2-21-17-10-9-16(12-15(17)13-19(21)23)20-18(22)11-8-14-6-4-3-5-7-14/h3-12H,2,13H2,1H3,(H,20,22)/b11-8+. The summed E-state index contributed by atoms with van der Waals surface area (Å²) in [6.45, 7) is 2.62. The molecule has 4 nitrogen and oxygen atoms in total. The fourth-order valence-corrected chi connectivity index (χ4v) is 2.73. The van der Waals surface area contributed by atoms with Gasteiger partial charge in [-0.25, -0.2) is 0 Å². The Morgan fingerprint density at radius 3 is 2.74 bits per heavy atom. The maximum atomic E-state index is 12.0. The highest BCUT2D eigenvalue weighted by Crippen LogP contribution is 2.30. The lowest BCUT2D eigenvalue weighted by atomic mass is 10.1. The van der Waals surface area contributed by atoms with Crippen molar-refractivity contribution in [2.24, 2.45) is 0 Å². The van der Waals surface area contributed by atoms with Gasteiger partial charge in [-0.05, 0) is 42.3 Å². The van der Waals surface area contributed by atoms with Gasteiger partial charge in [0.05, 0.1) is 6.42 Å². The quantitative estimate of drug-likeness (QED) is 0.882. The van der Waals surface area contributed by atoms with Crippen LogP contribution in [0.25, 0.3) is 6.08 Å². The second kappa shape index (κ2) is 6.48. The van der Waals surface area contributed by atoms with E-state index in [0.717, 1.165) is 16.8 Å². The molecule has 0 saturated heterocycles. The molecule has 0 fully saturated rings. The van der Waals surface area contributed by atoms with Gasteiger partial charge in [0, 0.05) is 24.0 Å². The summed E-state index contributed by atoms with van der Waals surface area (Å²) in [5.74, 6) is -0.0829. The van der Waals surface area contributed by atoms with Gasteiger partial charge in [-0.3, -0.25) is 9.59 Å². The molecule has 1 aliphatic rings. The zero-order valence-corrected chi connectivity index (χ0v) is 13.0. The Kier molecular flexibility index (Phi) is 4.24. The molecular formula is C19H18N2O2. The number of fused-ring (bicyclic) bond motifs is 1. The Morgan fingerprint density at radius 2 is 2.00 bits per heavy atom. The summed E-state index contributed by atoms with van der Waals surface area (Å²) in [7, 11) is 0. The van der Waals surface area contributed by atoms with Crippen LogP contribution in [0.3, 0.4) is 0 Å². The summed E-state index contributed by atoms with van der Waals surface area (Å²) < 4.78 is 0. The van der Waals surface area contributed by atoms with Crippen molar-refractivity contribution in [2.45, 2.75) is 13.3 Å². The number of anilines is 2. The minimum atomic E-state index is -0.189. The molecule has 1 heterocycles. The van der Waals surface area contributed by atoms with Gasteiger partial charge in [0.2, 0.25) is 11.8 Å². The fraction of sp³-hybridized carbons (Fsp3) is 0.158. The van der Waals surface area contributed by atoms with Gasteiger partial charge in [0.25, 0.3) is 0 Å². The number of carbonyl (C=O) groups excluding carboxylic acids is 2. The van der Waals surface area contributed by atoms with E-state index < -0.39 is 0 Å². The lowest BCUT2D eigenvalue weighted by Crippen LogP contribution is -2.25. The van der Waals surface area contributed by atoms with Gasteiger partial charge in [-0.2, -0.15) is 0 Å². The first-order valence-electron chi connectivity index (χ1n) is 7.65. The predicted molar refractivity (Wildman–Crippen MR) is 92.3 cm³/mol. The summed E-state index contributed by atoms with van der Waals surface area (Å²) in [6.07, 6.45) is 3.67. The van der Waals surface area contributed by atoms with Crippen LogP contribution in [0.1, 0.15) is 18.1 Å². The predicted octanol–water partition coefficient (Wildman–Crippen LogP) is 3.25. The molecule has 0 atom stereocenters. The largest absolute Gasteiger partial charge is 0.323 e.